The van der Waals surface area contributed by atoms with Crippen molar-refractivity contribution in [3.05, 3.63) is 28.2 Å². The molecule has 0 radical (unpaired) electrons. The highest BCUT2D eigenvalue weighted by molar-refractivity contribution is 6.34. The maximum atomic E-state index is 5.88. The van der Waals surface area contributed by atoms with Crippen molar-refractivity contribution in [3.63, 3.8) is 0 Å². The van der Waals surface area contributed by atoms with Gasteiger partial charge in [-0.1, -0.05) is 23.2 Å². The lowest BCUT2D eigenvalue weighted by atomic mass is 10.3. The Morgan fingerprint density at radius 2 is 1.79 bits per heavy atom. The molecule has 0 aliphatic heterocycles. The first-order chi connectivity index (χ1) is 6.57. The molecule has 4 heteroatoms. The summed E-state index contributed by atoms with van der Waals surface area (Å²) in [6.07, 6.45) is 2.06. The smallest absolute Gasteiger partial charge is 0.122 e. The zero-order valence-corrected chi connectivity index (χ0v) is 9.11. The fourth-order valence-corrected chi connectivity index (χ4v) is 1.65. The lowest BCUT2D eigenvalue weighted by molar-refractivity contribution is 0.279. The molecule has 2 rings (SSSR count). The lowest BCUT2D eigenvalue weighted by Gasteiger charge is -2.11. The Balaban J connectivity index is 2.01. The summed E-state index contributed by atoms with van der Waals surface area (Å²) in [4.78, 5) is 0. The summed E-state index contributed by atoms with van der Waals surface area (Å²) < 4.78 is 5.50. The number of nitrogens with two attached hydrogens (primary N) is 1. The van der Waals surface area contributed by atoms with Gasteiger partial charge in [-0.15, -0.1) is 0 Å². The first kappa shape index (κ1) is 10.1. The summed E-state index contributed by atoms with van der Waals surface area (Å²) in [7, 11) is 0. The molecule has 0 atom stereocenters. The van der Waals surface area contributed by atoms with Crippen LogP contribution >= 0.6 is 23.2 Å². The van der Waals surface area contributed by atoms with Crippen LogP contribution in [0.3, 0.4) is 0 Å². The van der Waals surface area contributed by atoms with Crippen LogP contribution in [0.1, 0.15) is 12.8 Å². The lowest BCUT2D eigenvalue weighted by Crippen LogP contribution is -2.29. The Morgan fingerprint density at radius 3 is 2.29 bits per heavy atom. The molecule has 14 heavy (non-hydrogen) atoms. The van der Waals surface area contributed by atoms with Gasteiger partial charge < -0.3 is 10.5 Å². The van der Waals surface area contributed by atoms with Crippen LogP contribution < -0.4 is 10.5 Å². The van der Waals surface area contributed by atoms with Crippen LogP contribution in [0.5, 0.6) is 5.75 Å². The van der Waals surface area contributed by atoms with Crippen LogP contribution in [-0.4, -0.2) is 12.1 Å². The van der Waals surface area contributed by atoms with E-state index in [-0.39, 0.29) is 5.54 Å². The Hall–Kier alpha value is -0.440. The molecule has 0 bridgehead atoms. The summed E-state index contributed by atoms with van der Waals surface area (Å²) in [5.41, 5.74) is 5.76. The molecule has 1 fully saturated rings. The van der Waals surface area contributed by atoms with Gasteiger partial charge in [-0.3, -0.25) is 0 Å². The topological polar surface area (TPSA) is 35.2 Å². The largest absolute Gasteiger partial charge is 0.492 e. The second-order valence-corrected chi connectivity index (χ2v) is 4.63. The number of rotatable bonds is 3. The Labute approximate surface area is 92.9 Å². The van der Waals surface area contributed by atoms with E-state index < -0.39 is 0 Å². The van der Waals surface area contributed by atoms with Crippen molar-refractivity contribution in [1.29, 1.82) is 0 Å². The summed E-state index contributed by atoms with van der Waals surface area (Å²) in [6, 6.07) is 5.14. The molecule has 1 aliphatic rings. The molecular weight excluding hydrogens is 221 g/mol. The number of ether oxygens (including phenoxy) is 1. The average Bonchev–Trinajstić information content (AvgIpc) is 2.80. The maximum Gasteiger partial charge on any atom is 0.122 e. The quantitative estimate of drug-likeness (QED) is 0.869. The Morgan fingerprint density at radius 1 is 1.21 bits per heavy atom. The van der Waals surface area contributed by atoms with Crippen LogP contribution in [0.2, 0.25) is 10.0 Å². The first-order valence-electron chi connectivity index (χ1n) is 4.45. The first-order valence-corrected chi connectivity index (χ1v) is 5.21. The van der Waals surface area contributed by atoms with Crippen molar-refractivity contribution < 1.29 is 4.74 Å². The predicted octanol–water partition coefficient (Wildman–Crippen LogP) is 2.86. The zero-order valence-electron chi connectivity index (χ0n) is 7.59. The van der Waals surface area contributed by atoms with E-state index in [1.54, 1.807) is 18.2 Å². The van der Waals surface area contributed by atoms with E-state index >= 15 is 0 Å². The molecule has 1 saturated carbocycles. The van der Waals surface area contributed by atoms with Gasteiger partial charge in [0.05, 0.1) is 5.54 Å². The van der Waals surface area contributed by atoms with Crippen LogP contribution in [0.15, 0.2) is 18.2 Å². The molecule has 1 aliphatic carbocycles. The Kier molecular flexibility index (Phi) is 2.60. The average molecular weight is 232 g/mol. The fraction of sp³-hybridized carbons (Fsp3) is 0.400. The van der Waals surface area contributed by atoms with Crippen LogP contribution in [0.25, 0.3) is 0 Å². The molecule has 0 saturated heterocycles. The molecule has 0 spiro atoms. The standard InChI is InChI=1S/C10H11Cl2NO/c11-7-3-8(12)5-9(4-7)14-6-10(13)1-2-10/h3-5H,1-2,6,13H2. The van der Waals surface area contributed by atoms with Crippen molar-refractivity contribution in [2.75, 3.05) is 6.61 Å². The molecule has 1 aromatic rings. The van der Waals surface area contributed by atoms with Crippen LogP contribution in [-0.2, 0) is 0 Å². The molecule has 2 nitrogen and oxygen atoms in total. The van der Waals surface area contributed by atoms with Gasteiger partial charge in [0.1, 0.15) is 12.4 Å². The third-order valence-corrected chi connectivity index (χ3v) is 2.69. The van der Waals surface area contributed by atoms with Gasteiger partial charge in [-0.25, -0.2) is 0 Å². The van der Waals surface area contributed by atoms with E-state index in [1.807, 2.05) is 0 Å². The van der Waals surface area contributed by atoms with E-state index in [4.69, 9.17) is 33.7 Å². The molecule has 0 amide bonds. The molecule has 0 aromatic heterocycles. The highest BCUT2D eigenvalue weighted by Gasteiger charge is 2.39. The summed E-state index contributed by atoms with van der Waals surface area (Å²) >= 11 is 11.6. The van der Waals surface area contributed by atoms with E-state index in [0.717, 1.165) is 12.8 Å². The van der Waals surface area contributed by atoms with Gasteiger partial charge in [-0.05, 0) is 31.0 Å². The molecule has 2 N–H and O–H groups in total. The third-order valence-electron chi connectivity index (χ3n) is 2.25. The minimum Gasteiger partial charge on any atom is -0.492 e. The van der Waals surface area contributed by atoms with Crippen molar-refractivity contribution in [3.8, 4) is 5.75 Å². The summed E-state index contributed by atoms with van der Waals surface area (Å²) in [6.45, 7) is 0.531. The molecule has 0 unspecified atom stereocenters. The van der Waals surface area contributed by atoms with E-state index in [0.29, 0.717) is 22.4 Å². The Bertz CT molecular complexity index is 330. The molecular formula is C10H11Cl2NO. The number of hydrogen-bond acceptors (Lipinski definition) is 2. The third kappa shape index (κ3) is 2.53. The highest BCUT2D eigenvalue weighted by atomic mass is 35.5. The normalized spacial score (nSPS) is 17.9. The van der Waals surface area contributed by atoms with Gasteiger partial charge in [0.15, 0.2) is 0 Å². The van der Waals surface area contributed by atoms with Crippen molar-refractivity contribution in [2.45, 2.75) is 18.4 Å². The molecule has 76 valence electrons. The number of hydrogen-bond donors (Lipinski definition) is 1. The van der Waals surface area contributed by atoms with Crippen molar-refractivity contribution in [2.24, 2.45) is 5.73 Å². The van der Waals surface area contributed by atoms with Gasteiger partial charge in [0.25, 0.3) is 0 Å². The minimum atomic E-state index is -0.116. The van der Waals surface area contributed by atoms with E-state index in [9.17, 15) is 0 Å². The number of benzene rings is 1. The van der Waals surface area contributed by atoms with Gasteiger partial charge in [0.2, 0.25) is 0 Å². The van der Waals surface area contributed by atoms with Crippen molar-refractivity contribution >= 4 is 23.2 Å². The maximum absolute atomic E-state index is 5.88. The van der Waals surface area contributed by atoms with Gasteiger partial charge in [-0.2, -0.15) is 0 Å². The number of halogens is 2. The SMILES string of the molecule is NC1(COc2cc(Cl)cc(Cl)c2)CC1. The highest BCUT2D eigenvalue weighted by Crippen LogP contribution is 2.33. The van der Waals surface area contributed by atoms with Crippen LogP contribution in [0.4, 0.5) is 0 Å². The monoisotopic (exact) mass is 231 g/mol. The predicted molar refractivity (Wildman–Crippen MR) is 58.1 cm³/mol. The zero-order chi connectivity index (χ0) is 10.2. The minimum absolute atomic E-state index is 0.116. The van der Waals surface area contributed by atoms with Gasteiger partial charge >= 0.3 is 0 Å². The molecule has 0 heterocycles. The summed E-state index contributed by atoms with van der Waals surface area (Å²) in [5.74, 6) is 0.680. The van der Waals surface area contributed by atoms with Crippen molar-refractivity contribution in [1.82, 2.24) is 0 Å². The van der Waals surface area contributed by atoms with Gasteiger partial charge in [0, 0.05) is 10.0 Å². The van der Waals surface area contributed by atoms with Crippen LogP contribution in [0, 0.1) is 0 Å². The second kappa shape index (κ2) is 3.61. The summed E-state index contributed by atoms with van der Waals surface area (Å²) in [5, 5.41) is 1.16. The second-order valence-electron chi connectivity index (χ2n) is 3.76. The van der Waals surface area contributed by atoms with E-state index in [2.05, 4.69) is 0 Å². The fourth-order valence-electron chi connectivity index (χ4n) is 1.14. The molecule has 1 aromatic carbocycles. The van der Waals surface area contributed by atoms with E-state index in [1.165, 1.54) is 0 Å².